The van der Waals surface area contributed by atoms with Gasteiger partial charge in [-0.25, -0.2) is 13.1 Å². The Hall–Kier alpha value is -1.15. The van der Waals surface area contributed by atoms with Crippen LogP contribution in [0.2, 0.25) is 0 Å². The van der Waals surface area contributed by atoms with E-state index < -0.39 is 10.0 Å². The molecule has 0 spiro atoms. The molecule has 1 aliphatic heterocycles. The van der Waals surface area contributed by atoms with E-state index in [1.807, 2.05) is 11.9 Å². The van der Waals surface area contributed by atoms with Gasteiger partial charge in [0, 0.05) is 24.7 Å². The average molecular weight is 376 g/mol. The van der Waals surface area contributed by atoms with Crippen molar-refractivity contribution in [2.45, 2.75) is 31.2 Å². The summed E-state index contributed by atoms with van der Waals surface area (Å²) in [6, 6.07) is 5.97. The normalized spacial score (nSPS) is 17.8. The molecule has 1 aromatic carbocycles. The Morgan fingerprint density at radius 3 is 2.46 bits per heavy atom. The minimum absolute atomic E-state index is 0. The predicted octanol–water partition coefficient (Wildman–Crippen LogP) is 1.48. The fourth-order valence-corrected chi connectivity index (χ4v) is 4.06. The number of amides is 1. The van der Waals surface area contributed by atoms with Crippen LogP contribution in [-0.2, 0) is 10.0 Å². The standard InChI is InChI=1S/C16H25N3O3S.ClH/c1-12(2)18-23(21,22)15-6-4-14(5-7-15)16(20)19-9-8-13(11-19)10-17-3;/h4-7,12-13,17-18H,8-11H2,1-3H3;1H. The lowest BCUT2D eigenvalue weighted by molar-refractivity contribution is 0.0787. The molecule has 1 amide bonds. The Morgan fingerprint density at radius 1 is 1.29 bits per heavy atom. The number of nitrogens with zero attached hydrogens (tertiary/aromatic N) is 1. The van der Waals surface area contributed by atoms with Gasteiger partial charge in [0.25, 0.3) is 5.91 Å². The molecular weight excluding hydrogens is 350 g/mol. The molecule has 136 valence electrons. The van der Waals surface area contributed by atoms with E-state index in [4.69, 9.17) is 0 Å². The van der Waals surface area contributed by atoms with Gasteiger partial charge in [0.1, 0.15) is 0 Å². The smallest absolute Gasteiger partial charge is 0.253 e. The van der Waals surface area contributed by atoms with E-state index in [1.165, 1.54) is 12.1 Å². The van der Waals surface area contributed by atoms with Crippen LogP contribution in [0.4, 0.5) is 0 Å². The lowest BCUT2D eigenvalue weighted by Crippen LogP contribution is -2.31. The minimum atomic E-state index is -3.52. The molecule has 0 bridgehead atoms. The molecule has 0 radical (unpaired) electrons. The molecular formula is C16H26ClN3O3S. The van der Waals surface area contributed by atoms with Gasteiger partial charge in [-0.1, -0.05) is 0 Å². The Bertz CT molecular complexity index is 647. The Kier molecular flexibility index (Phi) is 7.66. The van der Waals surface area contributed by atoms with Gasteiger partial charge >= 0.3 is 0 Å². The van der Waals surface area contributed by atoms with Crippen LogP contribution in [0.15, 0.2) is 29.2 Å². The summed E-state index contributed by atoms with van der Waals surface area (Å²) in [6.07, 6.45) is 0.997. The number of carbonyl (C=O) groups excluding carboxylic acids is 1. The van der Waals surface area contributed by atoms with Crippen LogP contribution < -0.4 is 10.0 Å². The van der Waals surface area contributed by atoms with E-state index >= 15 is 0 Å². The van der Waals surface area contributed by atoms with Gasteiger partial charge in [-0.3, -0.25) is 4.79 Å². The van der Waals surface area contributed by atoms with Crippen LogP contribution >= 0.6 is 12.4 Å². The highest BCUT2D eigenvalue weighted by molar-refractivity contribution is 7.89. The maximum absolute atomic E-state index is 12.5. The third-order valence-electron chi connectivity index (χ3n) is 3.87. The first-order valence-corrected chi connectivity index (χ1v) is 9.38. The Morgan fingerprint density at radius 2 is 1.92 bits per heavy atom. The quantitative estimate of drug-likeness (QED) is 0.789. The lowest BCUT2D eigenvalue weighted by Gasteiger charge is -2.17. The van der Waals surface area contributed by atoms with Crippen LogP contribution in [-0.4, -0.2) is 51.9 Å². The fraction of sp³-hybridized carbons (Fsp3) is 0.562. The van der Waals surface area contributed by atoms with Gasteiger partial charge in [0.2, 0.25) is 10.0 Å². The van der Waals surface area contributed by atoms with Crippen molar-refractivity contribution in [3.63, 3.8) is 0 Å². The van der Waals surface area contributed by atoms with Crippen molar-refractivity contribution in [2.24, 2.45) is 5.92 Å². The van der Waals surface area contributed by atoms with Crippen molar-refractivity contribution in [1.82, 2.24) is 14.9 Å². The van der Waals surface area contributed by atoms with E-state index in [-0.39, 0.29) is 29.3 Å². The van der Waals surface area contributed by atoms with Crippen molar-refractivity contribution < 1.29 is 13.2 Å². The highest BCUT2D eigenvalue weighted by atomic mass is 35.5. The zero-order chi connectivity index (χ0) is 17.0. The van der Waals surface area contributed by atoms with Crippen molar-refractivity contribution in [3.8, 4) is 0 Å². The molecule has 1 fully saturated rings. The van der Waals surface area contributed by atoms with Gasteiger partial charge in [-0.15, -0.1) is 12.4 Å². The summed E-state index contributed by atoms with van der Waals surface area (Å²) in [5, 5.41) is 3.14. The molecule has 1 atom stereocenters. The van der Waals surface area contributed by atoms with Crippen molar-refractivity contribution in [3.05, 3.63) is 29.8 Å². The first kappa shape index (κ1) is 20.9. The number of hydrogen-bond acceptors (Lipinski definition) is 4. The molecule has 0 aliphatic carbocycles. The zero-order valence-corrected chi connectivity index (χ0v) is 15.9. The number of rotatable bonds is 6. The van der Waals surface area contributed by atoms with Crippen LogP contribution in [0, 0.1) is 5.92 Å². The summed E-state index contributed by atoms with van der Waals surface area (Å²) in [7, 11) is -1.61. The highest BCUT2D eigenvalue weighted by Crippen LogP contribution is 2.19. The summed E-state index contributed by atoms with van der Waals surface area (Å²) < 4.78 is 26.7. The van der Waals surface area contributed by atoms with E-state index in [2.05, 4.69) is 10.0 Å². The number of carbonyl (C=O) groups is 1. The predicted molar refractivity (Wildman–Crippen MR) is 97.1 cm³/mol. The SMILES string of the molecule is CNCC1CCN(C(=O)c2ccc(S(=O)(=O)NC(C)C)cc2)C1.Cl. The second-order valence-electron chi connectivity index (χ2n) is 6.26. The molecule has 8 heteroatoms. The van der Waals surface area contributed by atoms with Gasteiger partial charge < -0.3 is 10.2 Å². The first-order chi connectivity index (χ1) is 10.8. The number of halogens is 1. The second-order valence-corrected chi connectivity index (χ2v) is 7.98. The average Bonchev–Trinajstić information content (AvgIpc) is 2.94. The van der Waals surface area contributed by atoms with Crippen LogP contribution in [0.25, 0.3) is 0 Å². The molecule has 0 aromatic heterocycles. The third-order valence-corrected chi connectivity index (χ3v) is 5.54. The summed E-state index contributed by atoms with van der Waals surface area (Å²) in [4.78, 5) is 14.5. The Labute approximate surface area is 150 Å². The lowest BCUT2D eigenvalue weighted by atomic mass is 10.1. The van der Waals surface area contributed by atoms with E-state index in [1.54, 1.807) is 26.0 Å². The van der Waals surface area contributed by atoms with Crippen molar-refractivity contribution in [2.75, 3.05) is 26.7 Å². The van der Waals surface area contributed by atoms with Gasteiger partial charge in [0.05, 0.1) is 4.90 Å². The molecule has 24 heavy (non-hydrogen) atoms. The van der Waals surface area contributed by atoms with Crippen LogP contribution in [0.5, 0.6) is 0 Å². The van der Waals surface area contributed by atoms with Gasteiger partial charge in [0.15, 0.2) is 0 Å². The molecule has 1 aromatic rings. The molecule has 6 nitrogen and oxygen atoms in total. The number of hydrogen-bond donors (Lipinski definition) is 2. The molecule has 1 heterocycles. The van der Waals surface area contributed by atoms with Gasteiger partial charge in [-0.05, 0) is 64.0 Å². The number of benzene rings is 1. The van der Waals surface area contributed by atoms with E-state index in [0.29, 0.717) is 11.5 Å². The van der Waals surface area contributed by atoms with Crippen LogP contribution in [0.1, 0.15) is 30.6 Å². The summed E-state index contributed by atoms with van der Waals surface area (Å²) >= 11 is 0. The summed E-state index contributed by atoms with van der Waals surface area (Å²) in [5.41, 5.74) is 0.526. The van der Waals surface area contributed by atoms with Crippen molar-refractivity contribution >= 4 is 28.3 Å². The maximum Gasteiger partial charge on any atom is 0.253 e. The number of sulfonamides is 1. The zero-order valence-electron chi connectivity index (χ0n) is 14.3. The molecule has 1 aliphatic rings. The molecule has 2 rings (SSSR count). The molecule has 2 N–H and O–H groups in total. The monoisotopic (exact) mass is 375 g/mol. The number of likely N-dealkylation sites (tertiary alicyclic amines) is 1. The minimum Gasteiger partial charge on any atom is -0.338 e. The third kappa shape index (κ3) is 5.17. The highest BCUT2D eigenvalue weighted by Gasteiger charge is 2.26. The summed E-state index contributed by atoms with van der Waals surface area (Å²) in [6.45, 7) is 5.94. The topological polar surface area (TPSA) is 78.5 Å². The largest absolute Gasteiger partial charge is 0.338 e. The maximum atomic E-state index is 12.5. The van der Waals surface area contributed by atoms with Gasteiger partial charge in [-0.2, -0.15) is 0 Å². The molecule has 1 unspecified atom stereocenters. The Balaban J connectivity index is 0.00000288. The molecule has 0 saturated carbocycles. The number of nitrogens with one attached hydrogen (secondary N) is 2. The van der Waals surface area contributed by atoms with Crippen molar-refractivity contribution in [1.29, 1.82) is 0 Å². The summed E-state index contributed by atoms with van der Waals surface area (Å²) in [5.74, 6) is 0.447. The van der Waals surface area contributed by atoms with E-state index in [9.17, 15) is 13.2 Å². The van der Waals surface area contributed by atoms with Crippen LogP contribution in [0.3, 0.4) is 0 Å². The van der Waals surface area contributed by atoms with E-state index in [0.717, 1.165) is 26.1 Å². The molecule has 1 saturated heterocycles. The first-order valence-electron chi connectivity index (χ1n) is 7.89. The fourth-order valence-electron chi connectivity index (χ4n) is 2.81. The second kappa shape index (κ2) is 8.80.